The standard InChI is InChI=1S/C18H19N3O4/c1-3-20(4-2)18(23)13-9-11-14(12-10-13)19-17(22)15-7-5-6-8-16(15)21(24)25/h5-12H,3-4H2,1-2H3,(H,19,22). The number of benzene rings is 2. The molecule has 0 atom stereocenters. The minimum Gasteiger partial charge on any atom is -0.339 e. The molecule has 2 amide bonds. The summed E-state index contributed by atoms with van der Waals surface area (Å²) in [6, 6.07) is 12.2. The molecule has 0 aliphatic heterocycles. The third-order valence-electron chi connectivity index (χ3n) is 3.79. The summed E-state index contributed by atoms with van der Waals surface area (Å²) in [5, 5.41) is 13.6. The summed E-state index contributed by atoms with van der Waals surface area (Å²) in [5.74, 6) is -0.656. The Bertz CT molecular complexity index is 783. The molecule has 7 heteroatoms. The van der Waals surface area contributed by atoms with Gasteiger partial charge in [0.05, 0.1) is 4.92 Å². The Hall–Kier alpha value is -3.22. The molecule has 130 valence electrons. The normalized spacial score (nSPS) is 10.2. The summed E-state index contributed by atoms with van der Waals surface area (Å²) in [4.78, 5) is 36.6. The van der Waals surface area contributed by atoms with E-state index in [1.165, 1.54) is 18.2 Å². The first-order valence-electron chi connectivity index (χ1n) is 7.92. The lowest BCUT2D eigenvalue weighted by Gasteiger charge is -2.18. The quantitative estimate of drug-likeness (QED) is 0.644. The summed E-state index contributed by atoms with van der Waals surface area (Å²) in [6.45, 7) is 5.04. The lowest BCUT2D eigenvalue weighted by atomic mass is 10.1. The zero-order valence-electron chi connectivity index (χ0n) is 14.1. The fourth-order valence-electron chi connectivity index (χ4n) is 2.41. The minimum atomic E-state index is -0.596. The number of amides is 2. The first kappa shape index (κ1) is 18.1. The first-order valence-corrected chi connectivity index (χ1v) is 7.92. The van der Waals surface area contributed by atoms with Crippen LogP contribution in [0.15, 0.2) is 48.5 Å². The van der Waals surface area contributed by atoms with Gasteiger partial charge in [-0.2, -0.15) is 0 Å². The minimum absolute atomic E-state index is 0.0178. The number of carbonyl (C=O) groups is 2. The van der Waals surface area contributed by atoms with E-state index in [9.17, 15) is 19.7 Å². The van der Waals surface area contributed by atoms with Gasteiger partial charge in [-0.3, -0.25) is 19.7 Å². The number of rotatable bonds is 6. The fraction of sp³-hybridized carbons (Fsp3) is 0.222. The largest absolute Gasteiger partial charge is 0.339 e. The Kier molecular flexibility index (Phi) is 5.84. The van der Waals surface area contributed by atoms with Crippen molar-refractivity contribution in [1.29, 1.82) is 0 Å². The maximum atomic E-state index is 12.3. The van der Waals surface area contributed by atoms with Crippen molar-refractivity contribution < 1.29 is 14.5 Å². The molecule has 0 bridgehead atoms. The molecular weight excluding hydrogens is 322 g/mol. The number of nitrogens with one attached hydrogen (secondary N) is 1. The number of hydrogen-bond acceptors (Lipinski definition) is 4. The second-order valence-corrected chi connectivity index (χ2v) is 5.28. The van der Waals surface area contributed by atoms with E-state index < -0.39 is 10.8 Å². The highest BCUT2D eigenvalue weighted by molar-refractivity contribution is 6.07. The molecule has 0 heterocycles. The van der Waals surface area contributed by atoms with Gasteiger partial charge in [-0.05, 0) is 44.2 Å². The Morgan fingerprint density at radius 3 is 2.20 bits per heavy atom. The number of para-hydroxylation sites is 1. The van der Waals surface area contributed by atoms with E-state index in [1.807, 2.05) is 13.8 Å². The molecule has 0 saturated heterocycles. The van der Waals surface area contributed by atoms with Gasteiger partial charge < -0.3 is 10.2 Å². The average Bonchev–Trinajstić information content (AvgIpc) is 2.63. The molecule has 1 N–H and O–H groups in total. The van der Waals surface area contributed by atoms with Crippen molar-refractivity contribution in [2.45, 2.75) is 13.8 Å². The van der Waals surface area contributed by atoms with E-state index in [2.05, 4.69) is 5.32 Å². The summed E-state index contributed by atoms with van der Waals surface area (Å²) in [6.07, 6.45) is 0. The van der Waals surface area contributed by atoms with Crippen molar-refractivity contribution >= 4 is 23.2 Å². The monoisotopic (exact) mass is 341 g/mol. The van der Waals surface area contributed by atoms with Crippen LogP contribution in [0.3, 0.4) is 0 Å². The fourth-order valence-corrected chi connectivity index (χ4v) is 2.41. The highest BCUT2D eigenvalue weighted by Gasteiger charge is 2.19. The zero-order valence-corrected chi connectivity index (χ0v) is 14.1. The maximum absolute atomic E-state index is 12.3. The van der Waals surface area contributed by atoms with Crippen molar-refractivity contribution in [2.75, 3.05) is 18.4 Å². The van der Waals surface area contributed by atoms with Crippen LogP contribution < -0.4 is 5.32 Å². The molecule has 0 aromatic heterocycles. The van der Waals surface area contributed by atoms with Gasteiger partial charge in [0.15, 0.2) is 0 Å². The van der Waals surface area contributed by atoms with Crippen molar-refractivity contribution in [3.63, 3.8) is 0 Å². The molecule has 0 radical (unpaired) electrons. The summed E-state index contributed by atoms with van der Waals surface area (Å²) in [7, 11) is 0. The molecule has 0 unspecified atom stereocenters. The van der Waals surface area contributed by atoms with Gasteiger partial charge in [0.25, 0.3) is 17.5 Å². The van der Waals surface area contributed by atoms with E-state index in [4.69, 9.17) is 0 Å². The van der Waals surface area contributed by atoms with Gasteiger partial charge in [0.1, 0.15) is 5.56 Å². The van der Waals surface area contributed by atoms with E-state index in [1.54, 1.807) is 35.2 Å². The SMILES string of the molecule is CCN(CC)C(=O)c1ccc(NC(=O)c2ccccc2[N+](=O)[O-])cc1. The van der Waals surface area contributed by atoms with Crippen LogP contribution in [0.2, 0.25) is 0 Å². The summed E-state index contributed by atoms with van der Waals surface area (Å²) in [5.41, 5.74) is 0.704. The van der Waals surface area contributed by atoms with E-state index in [-0.39, 0.29) is 17.2 Å². The van der Waals surface area contributed by atoms with Crippen molar-refractivity contribution in [2.24, 2.45) is 0 Å². The van der Waals surface area contributed by atoms with Crippen LogP contribution in [0, 0.1) is 10.1 Å². The second kappa shape index (κ2) is 8.05. The van der Waals surface area contributed by atoms with Gasteiger partial charge in [-0.15, -0.1) is 0 Å². The summed E-state index contributed by atoms with van der Waals surface area (Å²) < 4.78 is 0. The molecule has 2 aromatic rings. The molecule has 0 fully saturated rings. The average molecular weight is 341 g/mol. The van der Waals surface area contributed by atoms with E-state index in [0.717, 1.165) is 0 Å². The molecule has 25 heavy (non-hydrogen) atoms. The van der Waals surface area contributed by atoms with E-state index >= 15 is 0 Å². The van der Waals surface area contributed by atoms with Gasteiger partial charge in [-0.1, -0.05) is 12.1 Å². The Morgan fingerprint density at radius 2 is 1.64 bits per heavy atom. The summed E-state index contributed by atoms with van der Waals surface area (Å²) >= 11 is 0. The Balaban J connectivity index is 2.15. The van der Waals surface area contributed by atoms with Crippen molar-refractivity contribution in [1.82, 2.24) is 4.90 Å². The molecule has 0 aliphatic rings. The van der Waals surface area contributed by atoms with Crippen LogP contribution in [-0.4, -0.2) is 34.7 Å². The lowest BCUT2D eigenvalue weighted by molar-refractivity contribution is -0.385. The molecule has 2 aromatic carbocycles. The Labute approximate surface area is 145 Å². The highest BCUT2D eigenvalue weighted by atomic mass is 16.6. The predicted octanol–water partition coefficient (Wildman–Crippen LogP) is 3.33. The molecule has 0 aliphatic carbocycles. The number of nitro groups is 1. The third-order valence-corrected chi connectivity index (χ3v) is 3.79. The Morgan fingerprint density at radius 1 is 1.04 bits per heavy atom. The van der Waals surface area contributed by atoms with Crippen LogP contribution in [0.25, 0.3) is 0 Å². The third kappa shape index (κ3) is 4.20. The second-order valence-electron chi connectivity index (χ2n) is 5.28. The van der Waals surface area contributed by atoms with Gasteiger partial charge in [-0.25, -0.2) is 0 Å². The number of anilines is 1. The zero-order chi connectivity index (χ0) is 18.4. The highest BCUT2D eigenvalue weighted by Crippen LogP contribution is 2.20. The van der Waals surface area contributed by atoms with Crippen LogP contribution in [0.4, 0.5) is 11.4 Å². The van der Waals surface area contributed by atoms with Crippen LogP contribution in [0.5, 0.6) is 0 Å². The van der Waals surface area contributed by atoms with Crippen molar-refractivity contribution in [3.05, 3.63) is 69.8 Å². The van der Waals surface area contributed by atoms with Gasteiger partial charge >= 0.3 is 0 Å². The maximum Gasteiger partial charge on any atom is 0.282 e. The van der Waals surface area contributed by atoms with Crippen LogP contribution >= 0.6 is 0 Å². The lowest BCUT2D eigenvalue weighted by Crippen LogP contribution is -2.30. The smallest absolute Gasteiger partial charge is 0.282 e. The molecule has 2 rings (SSSR count). The number of nitro benzene ring substituents is 1. The topological polar surface area (TPSA) is 92.6 Å². The van der Waals surface area contributed by atoms with Gasteiger partial charge in [0, 0.05) is 30.4 Å². The van der Waals surface area contributed by atoms with Crippen LogP contribution in [-0.2, 0) is 0 Å². The molecule has 0 saturated carbocycles. The number of hydrogen-bond donors (Lipinski definition) is 1. The number of carbonyl (C=O) groups excluding carboxylic acids is 2. The van der Waals surface area contributed by atoms with Gasteiger partial charge in [0.2, 0.25) is 0 Å². The van der Waals surface area contributed by atoms with Crippen molar-refractivity contribution in [3.8, 4) is 0 Å². The molecule has 7 nitrogen and oxygen atoms in total. The first-order chi connectivity index (χ1) is 12.0. The predicted molar refractivity (Wildman–Crippen MR) is 94.7 cm³/mol. The van der Waals surface area contributed by atoms with Crippen LogP contribution in [0.1, 0.15) is 34.6 Å². The van der Waals surface area contributed by atoms with E-state index in [0.29, 0.717) is 24.3 Å². The molecule has 0 spiro atoms. The number of nitrogens with zero attached hydrogens (tertiary/aromatic N) is 2. The molecular formula is C18H19N3O4.